The number of rotatable bonds is 15. The van der Waals surface area contributed by atoms with Crippen LogP contribution in [-0.2, 0) is 21.7 Å². The van der Waals surface area contributed by atoms with Crippen molar-refractivity contribution in [2.75, 3.05) is 24.5 Å². The second-order valence-corrected chi connectivity index (χ2v) is 52.1. The Morgan fingerprint density at radius 2 is 0.486 bits per heavy atom. The average Bonchev–Trinajstić information content (AvgIpc) is 0.657. The molecule has 20 aromatic carbocycles. The monoisotopic (exact) mass is 2000 g/mol. The van der Waals surface area contributed by atoms with Crippen molar-refractivity contribution >= 4 is 194 Å². The van der Waals surface area contributed by atoms with Crippen LogP contribution in [-0.4, -0.2) is 22.9 Å². The summed E-state index contributed by atoms with van der Waals surface area (Å²) in [6.07, 6.45) is 0. The topological polar surface area (TPSA) is 16.2 Å². The zero-order valence-corrected chi connectivity index (χ0v) is 89.1. The lowest BCUT2D eigenvalue weighted by atomic mass is 9.33. The van der Waals surface area contributed by atoms with Crippen LogP contribution < -0.4 is 82.4 Å². The summed E-state index contributed by atoms with van der Waals surface area (Å²) in [5.41, 5.74) is 34.7. The van der Waals surface area contributed by atoms with Crippen LogP contribution in [0.5, 0.6) is 0 Å². The van der Waals surface area contributed by atoms with Gasteiger partial charge in [-0.1, -0.05) is 447 Å². The van der Waals surface area contributed by atoms with Crippen molar-refractivity contribution in [1.82, 2.24) is 0 Å². The number of para-hydroxylation sites is 2. The van der Waals surface area contributed by atoms with E-state index >= 15 is 0 Å². The summed E-state index contributed by atoms with van der Waals surface area (Å²) in [6, 6.07) is 182. The van der Waals surface area contributed by atoms with Crippen LogP contribution in [0.15, 0.2) is 490 Å². The molecule has 0 unspecified atom stereocenters. The lowest BCUT2D eigenvalue weighted by molar-refractivity contribution is 0.590. The van der Waals surface area contributed by atoms with Gasteiger partial charge >= 0.3 is 0 Å². The van der Waals surface area contributed by atoms with E-state index in [2.05, 4.69) is 609 Å². The third-order valence-electron chi connectivity index (χ3n) is 30.3. The predicted molar refractivity (Wildman–Crippen MR) is 635 cm³/mol. The first-order valence-electron chi connectivity index (χ1n) is 51.1. The molecule has 0 radical (unpaired) electrons. The van der Waals surface area contributed by atoms with Crippen LogP contribution in [0, 0.1) is 0 Å². The summed E-state index contributed by atoms with van der Waals surface area (Å²) < 4.78 is 0.917. The second kappa shape index (κ2) is 37.7. The van der Waals surface area contributed by atoms with Crippen molar-refractivity contribution in [2.45, 2.75) is 105 Å². The molecule has 0 saturated carbocycles. The lowest BCUT2D eigenvalue weighted by Gasteiger charge is -2.52. The van der Waals surface area contributed by atoms with Crippen molar-refractivity contribution in [3.8, 4) is 44.5 Å². The van der Waals surface area contributed by atoms with Crippen molar-refractivity contribution in [1.29, 1.82) is 0 Å². The molecule has 0 N–H and O–H groups in total. The van der Waals surface area contributed by atoms with E-state index in [1.54, 1.807) is 0 Å². The molecule has 10 heteroatoms. The van der Waals surface area contributed by atoms with E-state index < -0.39 is 16.1 Å². The van der Waals surface area contributed by atoms with Gasteiger partial charge in [-0.05, 0) is 273 Å². The van der Waals surface area contributed by atoms with E-state index in [4.69, 9.17) is 11.6 Å². The fourth-order valence-corrected chi connectivity index (χ4v) is 34.2. The third-order valence-corrected chi connectivity index (χ3v) is 41.0. The van der Waals surface area contributed by atoms with Crippen molar-refractivity contribution in [3.63, 3.8) is 0 Å². The molecule has 5 nitrogen and oxygen atoms in total. The molecule has 0 fully saturated rings. The standard InChI is InChI=1S/C74H62BN3Si.C62H54BrClN2Si/c1-73(2,3)53-43-45-62(60(47-53)51-27-13-7-14-28-51)77-64-39-25-41-68-71(64)75-70-66(77)49-57(76(55-31-17-9-18-32-55)56-33-19-10-20-34-56)50-67(70)78(63-46-44-54(74(4,5)6)48-61(63)52-29-15-8-16-30-52)65-40-26-42-69(72(65)75)79(68,58-35-21-11-22-36-58)59-37-23-12-24-38-59;1-61(2,3)45-33-35-56(54(37-45)43-21-11-7-12-22-43)65-48-25-19-31-52(41-48)67(50-27-15-9-16-28-50,51-29-17-10-18-30-51)53-32-20-26-49(42-53)66(59-40-47(64)39-58(65)60(59)63)57-36-34-46(62(4,5)6)38-55(57)44-23-13-8-14-24-44/h7-50H,1-6H3;7-42H,1-6H3. The van der Waals surface area contributed by atoms with Crippen LogP contribution >= 0.6 is 27.5 Å². The molecule has 146 heavy (non-hydrogen) atoms. The van der Waals surface area contributed by atoms with Crippen LogP contribution in [0.4, 0.5) is 85.3 Å². The Morgan fingerprint density at radius 3 is 0.788 bits per heavy atom. The molecule has 710 valence electrons. The summed E-state index contributed by atoms with van der Waals surface area (Å²) >= 11 is 11.9. The Kier molecular flexibility index (Phi) is 24.3. The van der Waals surface area contributed by atoms with Crippen LogP contribution in [0.1, 0.15) is 105 Å². The average molecular weight is 2000 g/mol. The Bertz CT molecular complexity index is 7820. The van der Waals surface area contributed by atoms with Crippen molar-refractivity contribution in [3.05, 3.63) is 517 Å². The van der Waals surface area contributed by atoms with Gasteiger partial charge in [0.05, 0.1) is 44.3 Å². The molecule has 0 atom stereocenters. The molecule has 0 amide bonds. The van der Waals surface area contributed by atoms with Gasteiger partial charge in [-0.25, -0.2) is 0 Å². The maximum atomic E-state index is 7.52. The van der Waals surface area contributed by atoms with Crippen molar-refractivity contribution < 1.29 is 0 Å². The highest BCUT2D eigenvalue weighted by atomic mass is 79.9. The minimum atomic E-state index is -3.12. The molecule has 24 rings (SSSR count). The van der Waals surface area contributed by atoms with E-state index in [9.17, 15) is 0 Å². The summed E-state index contributed by atoms with van der Waals surface area (Å²) in [5.74, 6) is 0. The fourth-order valence-electron chi connectivity index (χ4n) is 23.3. The second-order valence-electron chi connectivity index (χ2n) is 43.4. The van der Waals surface area contributed by atoms with Gasteiger partial charge in [0.2, 0.25) is 0 Å². The molecule has 4 aliphatic heterocycles. The van der Waals surface area contributed by atoms with Gasteiger partial charge in [-0.3, -0.25) is 0 Å². The van der Waals surface area contributed by atoms with E-state index in [1.165, 1.54) is 125 Å². The number of halogens is 2. The van der Waals surface area contributed by atoms with E-state index in [1.807, 2.05) is 0 Å². The van der Waals surface area contributed by atoms with Crippen LogP contribution in [0.25, 0.3) is 44.5 Å². The zero-order valence-electron chi connectivity index (χ0n) is 84.8. The van der Waals surface area contributed by atoms with E-state index in [0.29, 0.717) is 5.02 Å². The lowest BCUT2D eigenvalue weighted by Crippen LogP contribution is -2.88. The molecular weight excluding hydrogens is 1890 g/mol. The minimum absolute atomic E-state index is 0.0730. The minimum Gasteiger partial charge on any atom is -0.311 e. The quantitative estimate of drug-likeness (QED) is 0.0948. The summed E-state index contributed by atoms with van der Waals surface area (Å²) in [6.45, 7) is 27.6. The van der Waals surface area contributed by atoms with Gasteiger partial charge in [0, 0.05) is 72.8 Å². The number of fused-ring (bicyclic) bond motifs is 6. The molecular formula is C136H116BBrClN5Si2. The number of benzene rings is 20. The van der Waals surface area contributed by atoms with Gasteiger partial charge in [-0.15, -0.1) is 0 Å². The molecule has 0 aromatic heterocycles. The zero-order chi connectivity index (χ0) is 100. The number of anilines is 15. The normalized spacial score (nSPS) is 13.6. The van der Waals surface area contributed by atoms with E-state index in [-0.39, 0.29) is 28.4 Å². The fraction of sp³-hybridized carbons (Fsp3) is 0.118. The summed E-state index contributed by atoms with van der Waals surface area (Å²) in [4.78, 5) is 12.7. The first-order chi connectivity index (χ1) is 70.8. The molecule has 0 saturated heterocycles. The first kappa shape index (κ1) is 94.3. The van der Waals surface area contributed by atoms with Gasteiger partial charge in [0.1, 0.15) is 0 Å². The SMILES string of the molecule is CC(C)(C)c1ccc(N2c3cc(N(c4ccccc4)c4ccccc4)cc4c3B3c5c2cccc5[Si](c2ccccc2)(c2ccccc2)c2cccc(c23)N4c2ccc(C(C)(C)C)cc2-c2ccccc2)c(-c2ccccc2)c1.CC(C)(C)c1ccc(N2c3cccc(c3)[Si](c3ccccc3)(c3ccccc3)c3cccc(c3)N(c3ccc(C(C)(C)C)cc3-c3ccccc3)c3cc(Cl)cc2c3Br)c(-c2ccccc2)c1. The maximum absolute atomic E-state index is 7.52. The molecule has 20 aromatic rings. The number of hydrogen-bond acceptors (Lipinski definition) is 5. The van der Waals surface area contributed by atoms with Gasteiger partial charge < -0.3 is 24.5 Å². The maximum Gasteiger partial charge on any atom is 0.251 e. The Balaban J connectivity index is 0.000000163. The molecule has 0 spiro atoms. The van der Waals surface area contributed by atoms with Crippen molar-refractivity contribution in [2.24, 2.45) is 0 Å². The highest BCUT2D eigenvalue weighted by Crippen LogP contribution is 2.56. The largest absolute Gasteiger partial charge is 0.311 e. The third kappa shape index (κ3) is 16.5. The van der Waals surface area contributed by atoms with E-state index in [0.717, 1.165) is 89.3 Å². The highest BCUT2D eigenvalue weighted by molar-refractivity contribution is 9.10. The molecule has 4 heterocycles. The summed E-state index contributed by atoms with van der Waals surface area (Å²) in [5, 5.41) is 11.5. The molecule has 0 aliphatic carbocycles. The first-order valence-corrected chi connectivity index (χ1v) is 56.3. The highest BCUT2D eigenvalue weighted by Gasteiger charge is 2.57. The number of hydrogen-bond donors (Lipinski definition) is 0. The van der Waals surface area contributed by atoms with Crippen LogP contribution in [0.3, 0.4) is 0 Å². The van der Waals surface area contributed by atoms with Gasteiger partial charge in [0.15, 0.2) is 16.1 Å². The molecule has 4 aliphatic rings. The van der Waals surface area contributed by atoms with Crippen LogP contribution in [0.2, 0.25) is 5.02 Å². The smallest absolute Gasteiger partial charge is 0.251 e. The molecule has 6 bridgehead atoms. The predicted octanol–water partition coefficient (Wildman–Crippen LogP) is 30.5. The Hall–Kier alpha value is -15.3. The number of nitrogens with zero attached hydrogens (tertiary/aromatic N) is 5. The summed E-state index contributed by atoms with van der Waals surface area (Å²) in [7, 11) is -6.19. The van der Waals surface area contributed by atoms with Gasteiger partial charge in [-0.2, -0.15) is 0 Å². The Labute approximate surface area is 877 Å². The van der Waals surface area contributed by atoms with Gasteiger partial charge in [0.25, 0.3) is 6.71 Å². The Morgan fingerprint density at radius 1 is 0.219 bits per heavy atom.